The fourth-order valence-electron chi connectivity index (χ4n) is 2.32. The molecule has 0 bridgehead atoms. The van der Waals surface area contributed by atoms with Crippen LogP contribution in [0.25, 0.3) is 0 Å². The molecule has 1 aromatic carbocycles. The van der Waals surface area contributed by atoms with Gasteiger partial charge >= 0.3 is 0 Å². The van der Waals surface area contributed by atoms with Gasteiger partial charge in [-0.25, -0.2) is 4.98 Å². The van der Waals surface area contributed by atoms with Crippen molar-refractivity contribution in [3.05, 3.63) is 50.5 Å². The zero-order valence-corrected chi connectivity index (χ0v) is 13.2. The van der Waals surface area contributed by atoms with Gasteiger partial charge in [0.1, 0.15) is 0 Å². The SMILES string of the molecule is Cc1ccc(C)c(C(C)NCc2sc(C)nc2C)c1. The molecule has 19 heavy (non-hydrogen) atoms. The lowest BCUT2D eigenvalue weighted by Gasteiger charge is -2.17. The first-order valence-corrected chi connectivity index (χ1v) is 7.52. The van der Waals surface area contributed by atoms with Gasteiger partial charge in [-0.2, -0.15) is 0 Å². The van der Waals surface area contributed by atoms with Crippen LogP contribution in [0, 0.1) is 27.7 Å². The Bertz CT molecular complexity index is 572. The molecule has 1 unspecified atom stereocenters. The number of nitrogens with zero attached hydrogens (tertiary/aromatic N) is 1. The Hall–Kier alpha value is -1.19. The highest BCUT2D eigenvalue weighted by atomic mass is 32.1. The van der Waals surface area contributed by atoms with Crippen LogP contribution < -0.4 is 5.32 Å². The van der Waals surface area contributed by atoms with E-state index in [2.05, 4.69) is 63.1 Å². The molecule has 0 aliphatic carbocycles. The van der Waals surface area contributed by atoms with Crippen LogP contribution in [0.4, 0.5) is 0 Å². The number of thiazole rings is 1. The Morgan fingerprint density at radius 1 is 1.21 bits per heavy atom. The first-order valence-electron chi connectivity index (χ1n) is 6.71. The van der Waals surface area contributed by atoms with Crippen molar-refractivity contribution in [2.24, 2.45) is 0 Å². The lowest BCUT2D eigenvalue weighted by Crippen LogP contribution is -2.19. The van der Waals surface area contributed by atoms with Crippen LogP contribution in [-0.4, -0.2) is 4.98 Å². The van der Waals surface area contributed by atoms with E-state index in [1.54, 1.807) is 11.3 Å². The predicted octanol–water partition coefficient (Wildman–Crippen LogP) is 4.23. The summed E-state index contributed by atoms with van der Waals surface area (Å²) in [5.41, 5.74) is 5.21. The Kier molecular flexibility index (Phi) is 4.38. The quantitative estimate of drug-likeness (QED) is 0.902. The summed E-state index contributed by atoms with van der Waals surface area (Å²) in [6.45, 7) is 11.6. The summed E-state index contributed by atoms with van der Waals surface area (Å²) in [6.07, 6.45) is 0. The minimum atomic E-state index is 0.363. The maximum Gasteiger partial charge on any atom is 0.0900 e. The molecule has 1 atom stereocenters. The smallest absolute Gasteiger partial charge is 0.0900 e. The van der Waals surface area contributed by atoms with E-state index in [1.807, 2.05) is 0 Å². The third kappa shape index (κ3) is 3.43. The van der Waals surface area contributed by atoms with Crippen LogP contribution in [0.5, 0.6) is 0 Å². The van der Waals surface area contributed by atoms with Crippen LogP contribution in [0.3, 0.4) is 0 Å². The van der Waals surface area contributed by atoms with Crippen molar-refractivity contribution in [2.45, 2.75) is 47.2 Å². The average Bonchev–Trinajstić information content (AvgIpc) is 2.68. The molecule has 1 heterocycles. The molecule has 0 saturated heterocycles. The van der Waals surface area contributed by atoms with Crippen molar-refractivity contribution in [1.82, 2.24) is 10.3 Å². The van der Waals surface area contributed by atoms with Crippen molar-refractivity contribution >= 4 is 11.3 Å². The molecule has 3 heteroatoms. The molecule has 0 radical (unpaired) electrons. The molecule has 0 saturated carbocycles. The Morgan fingerprint density at radius 3 is 2.58 bits per heavy atom. The number of hydrogen-bond acceptors (Lipinski definition) is 3. The average molecular weight is 274 g/mol. The maximum absolute atomic E-state index is 4.47. The standard InChI is InChI=1S/C16H22N2S/c1-10-6-7-11(2)15(8-10)12(3)17-9-16-13(4)18-14(5)19-16/h6-8,12,17H,9H2,1-5H3. The van der Waals surface area contributed by atoms with E-state index in [4.69, 9.17) is 0 Å². The highest BCUT2D eigenvalue weighted by Gasteiger charge is 2.10. The minimum absolute atomic E-state index is 0.363. The second kappa shape index (κ2) is 5.85. The molecule has 0 aliphatic heterocycles. The first kappa shape index (κ1) is 14.2. The van der Waals surface area contributed by atoms with E-state index >= 15 is 0 Å². The Morgan fingerprint density at radius 2 is 1.95 bits per heavy atom. The third-order valence-corrected chi connectivity index (χ3v) is 4.54. The van der Waals surface area contributed by atoms with Crippen LogP contribution in [0.2, 0.25) is 0 Å². The summed E-state index contributed by atoms with van der Waals surface area (Å²) in [7, 11) is 0. The number of aromatic nitrogens is 1. The number of hydrogen-bond donors (Lipinski definition) is 1. The lowest BCUT2D eigenvalue weighted by molar-refractivity contribution is 0.574. The number of aryl methyl sites for hydroxylation is 4. The zero-order chi connectivity index (χ0) is 14.0. The van der Waals surface area contributed by atoms with Crippen LogP contribution >= 0.6 is 11.3 Å². The van der Waals surface area contributed by atoms with Gasteiger partial charge in [0.2, 0.25) is 0 Å². The summed E-state index contributed by atoms with van der Waals surface area (Å²) in [4.78, 5) is 5.81. The Balaban J connectivity index is 2.07. The highest BCUT2D eigenvalue weighted by Crippen LogP contribution is 2.21. The fraction of sp³-hybridized carbons (Fsp3) is 0.438. The monoisotopic (exact) mass is 274 g/mol. The van der Waals surface area contributed by atoms with E-state index in [-0.39, 0.29) is 0 Å². The topological polar surface area (TPSA) is 24.9 Å². The van der Waals surface area contributed by atoms with Gasteiger partial charge in [0, 0.05) is 17.5 Å². The van der Waals surface area contributed by atoms with Crippen molar-refractivity contribution in [1.29, 1.82) is 0 Å². The number of rotatable bonds is 4. The van der Waals surface area contributed by atoms with Crippen molar-refractivity contribution in [3.8, 4) is 0 Å². The van der Waals surface area contributed by atoms with Crippen molar-refractivity contribution in [3.63, 3.8) is 0 Å². The number of nitrogens with one attached hydrogen (secondary N) is 1. The van der Waals surface area contributed by atoms with Crippen LogP contribution in [0.1, 0.15) is 45.2 Å². The van der Waals surface area contributed by atoms with Gasteiger partial charge in [-0.15, -0.1) is 11.3 Å². The van der Waals surface area contributed by atoms with Crippen molar-refractivity contribution < 1.29 is 0 Å². The van der Waals surface area contributed by atoms with Gasteiger partial charge in [-0.3, -0.25) is 0 Å². The van der Waals surface area contributed by atoms with Gasteiger partial charge < -0.3 is 5.32 Å². The van der Waals surface area contributed by atoms with Gasteiger partial charge in [-0.05, 0) is 45.7 Å². The van der Waals surface area contributed by atoms with Gasteiger partial charge in [0.15, 0.2) is 0 Å². The predicted molar refractivity (Wildman–Crippen MR) is 82.8 cm³/mol. The maximum atomic E-state index is 4.47. The second-order valence-electron chi connectivity index (χ2n) is 5.20. The number of benzene rings is 1. The molecule has 2 aromatic rings. The van der Waals surface area contributed by atoms with Gasteiger partial charge in [0.05, 0.1) is 10.7 Å². The molecule has 102 valence electrons. The molecule has 2 rings (SSSR count). The molecule has 0 fully saturated rings. The third-order valence-electron chi connectivity index (χ3n) is 3.47. The van der Waals surface area contributed by atoms with E-state index in [9.17, 15) is 0 Å². The van der Waals surface area contributed by atoms with Crippen LogP contribution in [-0.2, 0) is 6.54 Å². The minimum Gasteiger partial charge on any atom is -0.305 e. The lowest BCUT2D eigenvalue weighted by atomic mass is 10.00. The zero-order valence-electron chi connectivity index (χ0n) is 12.4. The summed E-state index contributed by atoms with van der Waals surface area (Å²) in [5, 5.41) is 4.75. The summed E-state index contributed by atoms with van der Waals surface area (Å²) in [5.74, 6) is 0. The molecule has 2 nitrogen and oxygen atoms in total. The van der Waals surface area contributed by atoms with Gasteiger partial charge in [0.25, 0.3) is 0 Å². The van der Waals surface area contributed by atoms with E-state index in [0.29, 0.717) is 6.04 Å². The Labute approximate surface area is 119 Å². The largest absolute Gasteiger partial charge is 0.305 e. The van der Waals surface area contributed by atoms with E-state index in [1.165, 1.54) is 21.6 Å². The second-order valence-corrected chi connectivity index (χ2v) is 6.49. The highest BCUT2D eigenvalue weighted by molar-refractivity contribution is 7.11. The molecule has 1 N–H and O–H groups in total. The normalized spacial score (nSPS) is 12.7. The summed E-state index contributed by atoms with van der Waals surface area (Å²) < 4.78 is 0. The molecular weight excluding hydrogens is 252 g/mol. The first-order chi connectivity index (χ1) is 8.97. The summed E-state index contributed by atoms with van der Waals surface area (Å²) in [6, 6.07) is 7.01. The fourth-order valence-corrected chi connectivity index (χ4v) is 3.21. The molecular formula is C16H22N2S. The van der Waals surface area contributed by atoms with E-state index in [0.717, 1.165) is 17.2 Å². The molecule has 0 aliphatic rings. The van der Waals surface area contributed by atoms with Crippen molar-refractivity contribution in [2.75, 3.05) is 0 Å². The summed E-state index contributed by atoms with van der Waals surface area (Å²) >= 11 is 1.79. The molecule has 0 amide bonds. The van der Waals surface area contributed by atoms with Crippen LogP contribution in [0.15, 0.2) is 18.2 Å². The van der Waals surface area contributed by atoms with Gasteiger partial charge in [-0.1, -0.05) is 23.8 Å². The molecule has 0 spiro atoms. The molecule has 1 aromatic heterocycles. The van der Waals surface area contributed by atoms with E-state index < -0.39 is 0 Å².